The van der Waals surface area contributed by atoms with E-state index in [1.807, 2.05) is 30.3 Å². The number of carbonyl (C=O) groups excluding carboxylic acids is 1. The Morgan fingerprint density at radius 2 is 1.83 bits per heavy atom. The van der Waals surface area contributed by atoms with Crippen LogP contribution in [0.1, 0.15) is 35.2 Å². The van der Waals surface area contributed by atoms with E-state index in [0.717, 1.165) is 58.1 Å². The van der Waals surface area contributed by atoms with Crippen LogP contribution in [-0.2, 0) is 0 Å². The molecule has 120 valence electrons. The van der Waals surface area contributed by atoms with E-state index in [4.69, 9.17) is 4.52 Å². The summed E-state index contributed by atoms with van der Waals surface area (Å²) in [6.45, 7) is 1.97. The lowest BCUT2D eigenvalue weighted by Crippen LogP contribution is -2.31. The Balaban J connectivity index is 1.86. The van der Waals surface area contributed by atoms with Crippen molar-refractivity contribution in [1.82, 2.24) is 5.16 Å². The second-order valence-corrected chi connectivity index (χ2v) is 7.26. The number of hydrogen-bond donors (Lipinski definition) is 0. The van der Waals surface area contributed by atoms with E-state index >= 15 is 0 Å². The first-order valence-electron chi connectivity index (χ1n) is 8.26. The van der Waals surface area contributed by atoms with Crippen molar-refractivity contribution in [2.75, 3.05) is 18.0 Å². The smallest absolute Gasteiger partial charge is 0.196 e. The van der Waals surface area contributed by atoms with Gasteiger partial charge in [0.05, 0.1) is 10.9 Å². The second kappa shape index (κ2) is 5.18. The zero-order valence-electron chi connectivity index (χ0n) is 13.0. The highest BCUT2D eigenvalue weighted by molar-refractivity contribution is 9.10. The summed E-state index contributed by atoms with van der Waals surface area (Å²) in [5, 5.41) is 5.06. The van der Waals surface area contributed by atoms with Crippen molar-refractivity contribution < 1.29 is 9.32 Å². The standard InChI is InChI=1S/C19H15BrN2O2/c20-13-10-14(22-8-4-1-5-9-22)15-16-17(13)21-24-19(16)12-7-3-2-6-11(12)18(15)23/h2-3,6-7,10H,1,4-5,8-9H2. The lowest BCUT2D eigenvalue weighted by Gasteiger charge is -2.31. The lowest BCUT2D eigenvalue weighted by molar-refractivity contribution is 0.104. The number of halogens is 1. The van der Waals surface area contributed by atoms with Crippen LogP contribution in [0.25, 0.3) is 22.2 Å². The largest absolute Gasteiger partial charge is 0.371 e. The first-order chi connectivity index (χ1) is 11.8. The molecule has 0 spiro atoms. The van der Waals surface area contributed by atoms with Gasteiger partial charge in [0, 0.05) is 34.4 Å². The number of benzene rings is 2. The molecule has 5 heteroatoms. The first kappa shape index (κ1) is 14.2. The number of aromatic nitrogens is 1. The number of anilines is 1. The van der Waals surface area contributed by atoms with Crippen LogP contribution in [0.4, 0.5) is 5.69 Å². The third-order valence-electron chi connectivity index (χ3n) is 5.03. The van der Waals surface area contributed by atoms with Crippen LogP contribution in [0.15, 0.2) is 39.3 Å². The molecule has 3 aromatic rings. The molecule has 0 unspecified atom stereocenters. The van der Waals surface area contributed by atoms with E-state index in [0.29, 0.717) is 11.3 Å². The summed E-state index contributed by atoms with van der Waals surface area (Å²) in [6, 6.07) is 9.65. The van der Waals surface area contributed by atoms with E-state index in [9.17, 15) is 4.79 Å². The average Bonchev–Trinajstić information content (AvgIpc) is 3.07. The van der Waals surface area contributed by atoms with Crippen LogP contribution in [0.5, 0.6) is 0 Å². The molecule has 1 aliphatic heterocycles. The Bertz CT molecular complexity index is 986. The molecule has 4 nitrogen and oxygen atoms in total. The molecule has 0 saturated carbocycles. The van der Waals surface area contributed by atoms with Crippen LogP contribution in [0.2, 0.25) is 0 Å². The number of piperidine rings is 1. The third kappa shape index (κ3) is 1.85. The highest BCUT2D eigenvalue weighted by atomic mass is 79.9. The summed E-state index contributed by atoms with van der Waals surface area (Å²) >= 11 is 3.61. The fraction of sp³-hybridized carbons (Fsp3) is 0.263. The molecule has 0 bridgehead atoms. The Labute approximate surface area is 147 Å². The molecule has 1 aliphatic carbocycles. The predicted molar refractivity (Wildman–Crippen MR) is 96.6 cm³/mol. The van der Waals surface area contributed by atoms with Gasteiger partial charge in [-0.3, -0.25) is 4.79 Å². The summed E-state index contributed by atoms with van der Waals surface area (Å²) in [7, 11) is 0. The van der Waals surface area contributed by atoms with Gasteiger partial charge < -0.3 is 9.42 Å². The SMILES string of the molecule is O=C1c2ccccc2-c2onc3c(Br)cc(N4CCCCC4)c1c23. The average molecular weight is 383 g/mol. The minimum atomic E-state index is 0.0689. The molecule has 0 amide bonds. The van der Waals surface area contributed by atoms with Crippen molar-refractivity contribution in [2.45, 2.75) is 19.3 Å². The van der Waals surface area contributed by atoms with Gasteiger partial charge in [0.1, 0.15) is 5.52 Å². The van der Waals surface area contributed by atoms with Gasteiger partial charge in [0.15, 0.2) is 11.5 Å². The maximum absolute atomic E-state index is 13.3. The maximum Gasteiger partial charge on any atom is 0.196 e. The number of carbonyl (C=O) groups is 1. The fourth-order valence-electron chi connectivity index (χ4n) is 3.89. The summed E-state index contributed by atoms with van der Waals surface area (Å²) in [4.78, 5) is 15.6. The minimum Gasteiger partial charge on any atom is -0.371 e. The molecule has 0 radical (unpaired) electrons. The normalized spacial score (nSPS) is 16.5. The molecule has 5 rings (SSSR count). The molecular weight excluding hydrogens is 368 g/mol. The van der Waals surface area contributed by atoms with Crippen LogP contribution in [-0.4, -0.2) is 24.0 Å². The summed E-state index contributed by atoms with van der Waals surface area (Å²) in [5.41, 5.74) is 4.00. The monoisotopic (exact) mass is 382 g/mol. The van der Waals surface area contributed by atoms with E-state index in [1.165, 1.54) is 6.42 Å². The summed E-state index contributed by atoms with van der Waals surface area (Å²) < 4.78 is 6.52. The fourth-order valence-corrected chi connectivity index (χ4v) is 4.37. The van der Waals surface area contributed by atoms with Crippen LogP contribution >= 0.6 is 15.9 Å². The molecule has 24 heavy (non-hydrogen) atoms. The van der Waals surface area contributed by atoms with Gasteiger partial charge in [0.25, 0.3) is 0 Å². The number of rotatable bonds is 1. The second-order valence-electron chi connectivity index (χ2n) is 6.41. The van der Waals surface area contributed by atoms with Gasteiger partial charge in [-0.1, -0.05) is 29.4 Å². The summed E-state index contributed by atoms with van der Waals surface area (Å²) in [5.74, 6) is 0.772. The number of nitrogens with zero attached hydrogens (tertiary/aromatic N) is 2. The van der Waals surface area contributed by atoms with Crippen molar-refractivity contribution in [3.05, 3.63) is 45.9 Å². The van der Waals surface area contributed by atoms with Crippen molar-refractivity contribution in [1.29, 1.82) is 0 Å². The zero-order chi connectivity index (χ0) is 16.3. The molecule has 2 heterocycles. The molecular formula is C19H15BrN2O2. The minimum absolute atomic E-state index is 0.0689. The summed E-state index contributed by atoms with van der Waals surface area (Å²) in [6.07, 6.45) is 3.58. The highest BCUT2D eigenvalue weighted by Gasteiger charge is 2.33. The van der Waals surface area contributed by atoms with Crippen LogP contribution in [0, 0.1) is 0 Å². The van der Waals surface area contributed by atoms with Crippen molar-refractivity contribution in [2.24, 2.45) is 0 Å². The zero-order valence-corrected chi connectivity index (χ0v) is 14.6. The van der Waals surface area contributed by atoms with Gasteiger partial charge in [0.2, 0.25) is 0 Å². The van der Waals surface area contributed by atoms with Gasteiger partial charge in [-0.25, -0.2) is 0 Å². The van der Waals surface area contributed by atoms with Crippen molar-refractivity contribution in [3.8, 4) is 11.3 Å². The molecule has 1 aromatic heterocycles. The highest BCUT2D eigenvalue weighted by Crippen LogP contribution is 2.45. The number of ketones is 1. The van der Waals surface area contributed by atoms with E-state index < -0.39 is 0 Å². The van der Waals surface area contributed by atoms with Crippen LogP contribution in [0.3, 0.4) is 0 Å². The maximum atomic E-state index is 13.3. The van der Waals surface area contributed by atoms with E-state index in [-0.39, 0.29) is 5.78 Å². The molecule has 1 fully saturated rings. The third-order valence-corrected chi connectivity index (χ3v) is 5.63. The first-order valence-corrected chi connectivity index (χ1v) is 9.06. The number of fused-ring (bicyclic) bond motifs is 2. The number of hydrogen-bond acceptors (Lipinski definition) is 4. The Morgan fingerprint density at radius 1 is 1.08 bits per heavy atom. The molecule has 0 N–H and O–H groups in total. The molecule has 2 aliphatic rings. The van der Waals surface area contributed by atoms with Gasteiger partial charge >= 0.3 is 0 Å². The topological polar surface area (TPSA) is 46.3 Å². The van der Waals surface area contributed by atoms with Crippen molar-refractivity contribution >= 4 is 38.3 Å². The Morgan fingerprint density at radius 3 is 2.62 bits per heavy atom. The van der Waals surface area contributed by atoms with E-state index in [2.05, 4.69) is 26.0 Å². The quantitative estimate of drug-likeness (QED) is 0.474. The van der Waals surface area contributed by atoms with Gasteiger partial charge in [-0.05, 0) is 41.3 Å². The Hall–Kier alpha value is -2.14. The van der Waals surface area contributed by atoms with Gasteiger partial charge in [-0.15, -0.1) is 0 Å². The van der Waals surface area contributed by atoms with Crippen molar-refractivity contribution in [3.63, 3.8) is 0 Å². The molecule has 0 atom stereocenters. The molecule has 2 aromatic carbocycles. The molecule has 1 saturated heterocycles. The Kier molecular flexibility index (Phi) is 3.07. The van der Waals surface area contributed by atoms with Gasteiger partial charge in [-0.2, -0.15) is 0 Å². The predicted octanol–water partition coefficient (Wildman–Crippen LogP) is 4.79. The lowest BCUT2D eigenvalue weighted by atomic mass is 9.86. The van der Waals surface area contributed by atoms with E-state index in [1.54, 1.807) is 0 Å². The van der Waals surface area contributed by atoms with Crippen LogP contribution < -0.4 is 4.90 Å².